The van der Waals surface area contributed by atoms with Crippen molar-refractivity contribution in [2.75, 3.05) is 4.90 Å². The fraction of sp³-hybridized carbons (Fsp3) is 0. The molecule has 0 atom stereocenters. The van der Waals surface area contributed by atoms with Crippen molar-refractivity contribution >= 4 is 45.1 Å². The first-order valence-corrected chi connectivity index (χ1v) is 10.8. The lowest BCUT2D eigenvalue weighted by Gasteiger charge is -2.18. The lowest BCUT2D eigenvalue weighted by atomic mass is 10.1. The third-order valence-corrected chi connectivity index (χ3v) is 5.67. The van der Waals surface area contributed by atoms with Crippen molar-refractivity contribution < 1.29 is 13.2 Å². The standard InChI is InChI=1S/C22H16ClN3O3S/c23-17-8-6-15(7-9-17)14-20-22(27)26(21(25-20)16-4-2-1-3-5-16)18-10-12-19(13-11-18)30(24,28)29/h1-14H,(H2,24,28,29). The van der Waals surface area contributed by atoms with Gasteiger partial charge in [0.2, 0.25) is 10.0 Å². The molecule has 0 bridgehead atoms. The average molecular weight is 438 g/mol. The van der Waals surface area contributed by atoms with Gasteiger partial charge in [-0.1, -0.05) is 54.1 Å². The van der Waals surface area contributed by atoms with E-state index in [1.54, 1.807) is 30.3 Å². The monoisotopic (exact) mass is 437 g/mol. The Kier molecular flexibility index (Phi) is 5.26. The van der Waals surface area contributed by atoms with Crippen LogP contribution in [0.15, 0.2) is 94.4 Å². The maximum atomic E-state index is 13.2. The number of hydrogen-bond donors (Lipinski definition) is 1. The molecule has 0 fully saturated rings. The van der Waals surface area contributed by atoms with Crippen molar-refractivity contribution in [2.45, 2.75) is 4.90 Å². The number of nitrogens with two attached hydrogens (primary N) is 1. The van der Waals surface area contributed by atoms with Gasteiger partial charge in [0.25, 0.3) is 5.91 Å². The SMILES string of the molecule is NS(=O)(=O)c1ccc(N2C(=O)C(=Cc3ccc(Cl)cc3)N=C2c2ccccc2)cc1. The number of amides is 1. The summed E-state index contributed by atoms with van der Waals surface area (Å²) in [4.78, 5) is 19.2. The molecule has 0 unspecified atom stereocenters. The van der Waals surface area contributed by atoms with Crippen LogP contribution in [0.25, 0.3) is 6.08 Å². The van der Waals surface area contributed by atoms with Gasteiger partial charge in [-0.3, -0.25) is 9.69 Å². The van der Waals surface area contributed by atoms with E-state index in [-0.39, 0.29) is 16.5 Å². The molecule has 3 aromatic rings. The quantitative estimate of drug-likeness (QED) is 0.629. The van der Waals surface area contributed by atoms with Crippen LogP contribution in [0.2, 0.25) is 5.02 Å². The molecule has 0 radical (unpaired) electrons. The third kappa shape index (κ3) is 4.04. The molecule has 0 saturated carbocycles. The van der Waals surface area contributed by atoms with E-state index in [1.165, 1.54) is 29.2 Å². The van der Waals surface area contributed by atoms with E-state index in [9.17, 15) is 13.2 Å². The van der Waals surface area contributed by atoms with Gasteiger partial charge >= 0.3 is 0 Å². The molecule has 0 spiro atoms. The number of aliphatic imine (C=N–C) groups is 1. The Morgan fingerprint density at radius 3 is 2.13 bits per heavy atom. The average Bonchev–Trinajstić information content (AvgIpc) is 3.06. The number of amidine groups is 1. The number of nitrogens with zero attached hydrogens (tertiary/aromatic N) is 2. The number of anilines is 1. The highest BCUT2D eigenvalue weighted by Gasteiger charge is 2.32. The molecule has 4 rings (SSSR count). The van der Waals surface area contributed by atoms with Gasteiger partial charge in [0, 0.05) is 10.6 Å². The maximum Gasteiger partial charge on any atom is 0.282 e. The lowest BCUT2D eigenvalue weighted by Crippen LogP contribution is -2.32. The minimum absolute atomic E-state index is 0.0342. The molecular formula is C22H16ClN3O3S. The highest BCUT2D eigenvalue weighted by molar-refractivity contribution is 7.89. The molecule has 8 heteroatoms. The highest BCUT2D eigenvalue weighted by atomic mass is 35.5. The number of carbonyl (C=O) groups excluding carboxylic acids is 1. The van der Waals surface area contributed by atoms with Gasteiger partial charge in [-0.05, 0) is 48.0 Å². The second-order valence-electron chi connectivity index (χ2n) is 6.56. The van der Waals surface area contributed by atoms with Crippen LogP contribution < -0.4 is 10.0 Å². The van der Waals surface area contributed by atoms with Gasteiger partial charge < -0.3 is 0 Å². The van der Waals surface area contributed by atoms with Gasteiger partial charge in [0.1, 0.15) is 11.5 Å². The molecule has 2 N–H and O–H groups in total. The van der Waals surface area contributed by atoms with Gasteiger partial charge in [-0.2, -0.15) is 0 Å². The zero-order chi connectivity index (χ0) is 21.3. The number of primary sulfonamides is 1. The Balaban J connectivity index is 1.79. The summed E-state index contributed by atoms with van der Waals surface area (Å²) in [6.45, 7) is 0. The minimum Gasteiger partial charge on any atom is -0.266 e. The number of sulfonamides is 1. The zero-order valence-electron chi connectivity index (χ0n) is 15.6. The van der Waals surface area contributed by atoms with Crippen molar-refractivity contribution in [1.29, 1.82) is 0 Å². The number of halogens is 1. The van der Waals surface area contributed by atoms with E-state index in [4.69, 9.17) is 16.7 Å². The Morgan fingerprint density at radius 1 is 0.900 bits per heavy atom. The van der Waals surface area contributed by atoms with Crippen LogP contribution in [0, 0.1) is 0 Å². The molecule has 1 aliphatic rings. The van der Waals surface area contributed by atoms with E-state index in [0.29, 0.717) is 16.5 Å². The largest absolute Gasteiger partial charge is 0.282 e. The second kappa shape index (κ2) is 7.87. The van der Waals surface area contributed by atoms with Crippen LogP contribution in [-0.4, -0.2) is 20.2 Å². The molecule has 3 aromatic carbocycles. The minimum atomic E-state index is -3.83. The topological polar surface area (TPSA) is 92.8 Å². The van der Waals surface area contributed by atoms with Gasteiger partial charge in [0.15, 0.2) is 0 Å². The number of carbonyl (C=O) groups is 1. The van der Waals surface area contributed by atoms with Crippen LogP contribution in [0.4, 0.5) is 5.69 Å². The molecule has 0 aromatic heterocycles. The Morgan fingerprint density at radius 2 is 1.53 bits per heavy atom. The van der Waals surface area contributed by atoms with Crippen LogP contribution in [0.1, 0.15) is 11.1 Å². The summed E-state index contributed by atoms with van der Waals surface area (Å²) < 4.78 is 23.1. The van der Waals surface area contributed by atoms with Crippen molar-refractivity contribution in [3.05, 3.63) is 101 Å². The maximum absolute atomic E-state index is 13.2. The fourth-order valence-corrected chi connectivity index (χ4v) is 3.68. The summed E-state index contributed by atoms with van der Waals surface area (Å²) in [5.74, 6) is 0.122. The van der Waals surface area contributed by atoms with E-state index < -0.39 is 10.0 Å². The van der Waals surface area contributed by atoms with Gasteiger partial charge in [0.05, 0.1) is 10.6 Å². The first-order valence-electron chi connectivity index (χ1n) is 8.92. The molecule has 0 saturated heterocycles. The second-order valence-corrected chi connectivity index (χ2v) is 8.56. The molecule has 30 heavy (non-hydrogen) atoms. The summed E-state index contributed by atoms with van der Waals surface area (Å²) >= 11 is 5.93. The van der Waals surface area contributed by atoms with Crippen LogP contribution in [-0.2, 0) is 14.8 Å². The first-order chi connectivity index (χ1) is 14.3. The molecule has 150 valence electrons. The lowest BCUT2D eigenvalue weighted by molar-refractivity contribution is -0.113. The van der Waals surface area contributed by atoms with E-state index >= 15 is 0 Å². The predicted octanol–water partition coefficient (Wildman–Crippen LogP) is 3.82. The first kappa shape index (κ1) is 20.0. The number of hydrogen-bond acceptors (Lipinski definition) is 4. The third-order valence-electron chi connectivity index (χ3n) is 4.49. The van der Waals surface area contributed by atoms with Crippen molar-refractivity contribution in [3.63, 3.8) is 0 Å². The summed E-state index contributed by atoms with van der Waals surface area (Å²) in [5, 5.41) is 5.77. The van der Waals surface area contributed by atoms with Crippen LogP contribution in [0.3, 0.4) is 0 Å². The predicted molar refractivity (Wildman–Crippen MR) is 118 cm³/mol. The summed E-state index contributed by atoms with van der Waals surface area (Å²) in [5.41, 5.74) is 2.27. The summed E-state index contributed by atoms with van der Waals surface area (Å²) in [6.07, 6.45) is 1.68. The number of benzene rings is 3. The van der Waals surface area contributed by atoms with Gasteiger partial charge in [-0.15, -0.1) is 0 Å². The Bertz CT molecular complexity index is 1270. The smallest absolute Gasteiger partial charge is 0.266 e. The Hall–Kier alpha value is -3.26. The van der Waals surface area contributed by atoms with Crippen LogP contribution >= 0.6 is 11.6 Å². The molecular weight excluding hydrogens is 422 g/mol. The molecule has 1 amide bonds. The summed E-state index contributed by atoms with van der Waals surface area (Å²) in [6, 6.07) is 22.1. The van der Waals surface area contributed by atoms with Crippen LogP contribution in [0.5, 0.6) is 0 Å². The van der Waals surface area contributed by atoms with Crippen molar-refractivity contribution in [2.24, 2.45) is 10.1 Å². The Labute approximate surface area is 179 Å². The van der Waals surface area contributed by atoms with Crippen molar-refractivity contribution in [3.8, 4) is 0 Å². The van der Waals surface area contributed by atoms with E-state index in [2.05, 4.69) is 4.99 Å². The summed E-state index contributed by atoms with van der Waals surface area (Å²) in [7, 11) is -3.83. The van der Waals surface area contributed by atoms with E-state index in [1.807, 2.05) is 30.3 Å². The normalized spacial score (nSPS) is 15.5. The number of rotatable bonds is 4. The van der Waals surface area contributed by atoms with E-state index in [0.717, 1.165) is 11.1 Å². The van der Waals surface area contributed by atoms with Crippen molar-refractivity contribution in [1.82, 2.24) is 0 Å². The molecule has 6 nitrogen and oxygen atoms in total. The molecule has 1 aliphatic heterocycles. The molecule has 0 aliphatic carbocycles. The van der Waals surface area contributed by atoms with Gasteiger partial charge in [-0.25, -0.2) is 18.5 Å². The highest BCUT2D eigenvalue weighted by Crippen LogP contribution is 2.28. The zero-order valence-corrected chi connectivity index (χ0v) is 17.1. The fourth-order valence-electron chi connectivity index (χ4n) is 3.04. The molecule has 1 heterocycles.